The Kier molecular flexibility index (Phi) is 7.32. The average Bonchev–Trinajstić information content (AvgIpc) is 2.80. The van der Waals surface area contributed by atoms with E-state index >= 15 is 0 Å². The molecule has 0 radical (unpaired) electrons. The second-order valence-electron chi connectivity index (χ2n) is 7.94. The van der Waals surface area contributed by atoms with Crippen molar-refractivity contribution in [1.82, 2.24) is 4.72 Å². The molecule has 1 aliphatic rings. The minimum absolute atomic E-state index is 0.113. The van der Waals surface area contributed by atoms with Gasteiger partial charge in [0, 0.05) is 35.1 Å². The van der Waals surface area contributed by atoms with Crippen LogP contribution in [-0.2, 0) is 10.2 Å². The van der Waals surface area contributed by atoms with E-state index in [9.17, 15) is 18.0 Å². The highest BCUT2D eigenvalue weighted by atomic mass is 35.5. The first kappa shape index (κ1) is 25.0. The topological polar surface area (TPSA) is 108 Å². The minimum atomic E-state index is -3.63. The summed E-state index contributed by atoms with van der Waals surface area (Å²) in [6.07, 6.45) is 0.655. The lowest BCUT2D eigenvalue weighted by Gasteiger charge is -2.28. The molecule has 1 aliphatic heterocycles. The fourth-order valence-electron chi connectivity index (χ4n) is 3.59. The molecule has 4 rings (SSSR count). The maximum atomic E-state index is 12.9. The van der Waals surface area contributed by atoms with Gasteiger partial charge in [-0.2, -0.15) is 13.1 Å². The largest absolute Gasteiger partial charge is 0.322 e. The zero-order valence-electron chi connectivity index (χ0n) is 18.6. The molecule has 11 heteroatoms. The lowest BCUT2D eigenvalue weighted by Crippen LogP contribution is -2.47. The number of carbonyl (C=O) groups is 2. The number of rotatable bonds is 5. The van der Waals surface area contributed by atoms with Crippen LogP contribution in [0.15, 0.2) is 60.7 Å². The van der Waals surface area contributed by atoms with Crippen molar-refractivity contribution >= 4 is 62.3 Å². The van der Waals surface area contributed by atoms with Crippen LogP contribution in [0.25, 0.3) is 0 Å². The van der Waals surface area contributed by atoms with Crippen LogP contribution in [0, 0.1) is 6.92 Å². The van der Waals surface area contributed by atoms with Crippen molar-refractivity contribution < 1.29 is 18.0 Å². The minimum Gasteiger partial charge on any atom is -0.322 e. The van der Waals surface area contributed by atoms with Crippen LogP contribution in [-0.4, -0.2) is 33.3 Å². The molecule has 0 spiro atoms. The van der Waals surface area contributed by atoms with Gasteiger partial charge >= 0.3 is 10.2 Å². The van der Waals surface area contributed by atoms with E-state index in [-0.39, 0.29) is 16.5 Å². The first-order valence-electron chi connectivity index (χ1n) is 10.7. The van der Waals surface area contributed by atoms with Crippen LogP contribution >= 0.6 is 23.2 Å². The Balaban J connectivity index is 1.50. The van der Waals surface area contributed by atoms with Crippen molar-refractivity contribution in [2.75, 3.05) is 28.0 Å². The Hall–Kier alpha value is -3.11. The first-order chi connectivity index (χ1) is 16.6. The second-order valence-corrected chi connectivity index (χ2v) is 10.5. The molecule has 8 nitrogen and oxygen atoms in total. The number of anilines is 3. The highest BCUT2D eigenvalue weighted by Gasteiger charge is 2.26. The summed E-state index contributed by atoms with van der Waals surface area (Å²) in [6, 6.07) is 16.2. The SMILES string of the molecule is Cc1ccc(NC(=O)c2ccc(N3CCCNS3(=O)=O)cc2Cl)cc1NC(=O)c1cccc(Cl)c1. The van der Waals surface area contributed by atoms with E-state index in [0.717, 1.165) is 5.56 Å². The zero-order chi connectivity index (χ0) is 25.2. The molecule has 35 heavy (non-hydrogen) atoms. The van der Waals surface area contributed by atoms with Crippen LogP contribution in [0.4, 0.5) is 17.1 Å². The second kappa shape index (κ2) is 10.2. The third-order valence-corrected chi connectivity index (χ3v) is 7.52. The molecule has 3 aromatic carbocycles. The standard InChI is InChI=1S/C24H22Cl2N4O4S/c1-15-6-7-18(13-22(15)29-23(31)16-4-2-5-17(25)12-16)28-24(32)20-9-8-19(14-21(20)26)30-11-3-10-27-35(30,33)34/h2,4-9,12-14,27H,3,10-11H2,1H3,(H,28,32)(H,29,31). The highest BCUT2D eigenvalue weighted by molar-refractivity contribution is 7.90. The van der Waals surface area contributed by atoms with Gasteiger partial charge in [0.05, 0.1) is 16.3 Å². The fourth-order valence-corrected chi connectivity index (χ4v) is 5.36. The lowest BCUT2D eigenvalue weighted by atomic mass is 10.1. The number of aryl methyl sites for hydroxylation is 1. The van der Waals surface area contributed by atoms with E-state index in [1.165, 1.54) is 22.5 Å². The molecule has 3 aromatic rings. The molecule has 182 valence electrons. The molecule has 0 saturated carbocycles. The lowest BCUT2D eigenvalue weighted by molar-refractivity contribution is 0.101. The average molecular weight is 533 g/mol. The third kappa shape index (κ3) is 5.76. The van der Waals surface area contributed by atoms with Crippen molar-refractivity contribution in [2.45, 2.75) is 13.3 Å². The van der Waals surface area contributed by atoms with Crippen molar-refractivity contribution in [3.63, 3.8) is 0 Å². The van der Waals surface area contributed by atoms with E-state index in [2.05, 4.69) is 15.4 Å². The van der Waals surface area contributed by atoms with Crippen LogP contribution in [0.1, 0.15) is 32.7 Å². The Morgan fingerprint density at radius 2 is 1.77 bits per heavy atom. The van der Waals surface area contributed by atoms with E-state index in [0.29, 0.717) is 47.2 Å². The quantitative estimate of drug-likeness (QED) is 0.436. The monoisotopic (exact) mass is 532 g/mol. The van der Waals surface area contributed by atoms with Crippen molar-refractivity contribution in [1.29, 1.82) is 0 Å². The summed E-state index contributed by atoms with van der Waals surface area (Å²) in [4.78, 5) is 25.5. The molecule has 0 unspecified atom stereocenters. The predicted octanol–water partition coefficient (Wildman–Crippen LogP) is 4.85. The predicted molar refractivity (Wildman–Crippen MR) is 139 cm³/mol. The number of carbonyl (C=O) groups excluding carboxylic acids is 2. The molecule has 3 N–H and O–H groups in total. The van der Waals surface area contributed by atoms with Gasteiger partial charge in [-0.25, -0.2) is 0 Å². The van der Waals surface area contributed by atoms with Gasteiger partial charge < -0.3 is 10.6 Å². The Bertz CT molecular complexity index is 1410. The highest BCUT2D eigenvalue weighted by Crippen LogP contribution is 2.28. The van der Waals surface area contributed by atoms with Gasteiger partial charge in [-0.05, 0) is 67.4 Å². The number of nitrogens with one attached hydrogen (secondary N) is 3. The fraction of sp³-hybridized carbons (Fsp3) is 0.167. The normalized spacial score (nSPS) is 14.9. The Labute approximate surface area is 213 Å². The number of amides is 2. The first-order valence-corrected chi connectivity index (χ1v) is 12.9. The number of benzene rings is 3. The van der Waals surface area contributed by atoms with Gasteiger partial charge in [-0.1, -0.05) is 35.3 Å². The molecule has 1 saturated heterocycles. The van der Waals surface area contributed by atoms with Crippen molar-refractivity contribution in [3.05, 3.63) is 87.4 Å². The molecular weight excluding hydrogens is 511 g/mol. The molecule has 1 heterocycles. The maximum absolute atomic E-state index is 12.9. The molecule has 0 bridgehead atoms. The zero-order valence-corrected chi connectivity index (χ0v) is 21.0. The van der Waals surface area contributed by atoms with E-state index < -0.39 is 16.1 Å². The van der Waals surface area contributed by atoms with E-state index in [1.54, 1.807) is 42.5 Å². The van der Waals surface area contributed by atoms with E-state index in [1.807, 2.05) is 6.92 Å². The van der Waals surface area contributed by atoms with Crippen LogP contribution < -0.4 is 19.7 Å². The summed E-state index contributed by atoms with van der Waals surface area (Å²) in [7, 11) is -3.63. The summed E-state index contributed by atoms with van der Waals surface area (Å²) in [5.41, 5.74) is 2.74. The van der Waals surface area contributed by atoms with Crippen LogP contribution in [0.2, 0.25) is 10.0 Å². The van der Waals surface area contributed by atoms with Crippen molar-refractivity contribution in [3.8, 4) is 0 Å². The molecule has 0 aliphatic carbocycles. The number of hydrogen-bond acceptors (Lipinski definition) is 4. The van der Waals surface area contributed by atoms with Crippen LogP contribution in [0.3, 0.4) is 0 Å². The molecular formula is C24H22Cl2N4O4S. The van der Waals surface area contributed by atoms with Gasteiger partial charge in [-0.15, -0.1) is 0 Å². The van der Waals surface area contributed by atoms with E-state index in [4.69, 9.17) is 23.2 Å². The molecule has 2 amide bonds. The summed E-state index contributed by atoms with van der Waals surface area (Å²) in [6.45, 7) is 2.54. The molecule has 0 atom stereocenters. The molecule has 1 fully saturated rings. The maximum Gasteiger partial charge on any atom is 0.301 e. The van der Waals surface area contributed by atoms with Crippen molar-refractivity contribution in [2.24, 2.45) is 0 Å². The Morgan fingerprint density at radius 1 is 0.971 bits per heavy atom. The summed E-state index contributed by atoms with van der Waals surface area (Å²) < 4.78 is 28.2. The van der Waals surface area contributed by atoms with Crippen LogP contribution in [0.5, 0.6) is 0 Å². The smallest absolute Gasteiger partial charge is 0.301 e. The molecule has 0 aromatic heterocycles. The summed E-state index contributed by atoms with van der Waals surface area (Å²) in [5.74, 6) is -0.808. The third-order valence-electron chi connectivity index (χ3n) is 5.43. The van der Waals surface area contributed by atoms with Gasteiger partial charge in [0.1, 0.15) is 0 Å². The summed E-state index contributed by atoms with van der Waals surface area (Å²) in [5, 5.41) is 6.16. The van der Waals surface area contributed by atoms with Gasteiger partial charge in [0.2, 0.25) is 0 Å². The van der Waals surface area contributed by atoms with Gasteiger partial charge in [0.15, 0.2) is 0 Å². The number of halogens is 2. The number of nitrogens with zero attached hydrogens (tertiary/aromatic N) is 1. The van der Waals surface area contributed by atoms with Gasteiger partial charge in [0.25, 0.3) is 11.8 Å². The summed E-state index contributed by atoms with van der Waals surface area (Å²) >= 11 is 12.3. The Morgan fingerprint density at radius 3 is 2.49 bits per heavy atom. The number of hydrogen-bond donors (Lipinski definition) is 3. The van der Waals surface area contributed by atoms with Gasteiger partial charge in [-0.3, -0.25) is 13.9 Å².